The van der Waals surface area contributed by atoms with E-state index in [4.69, 9.17) is 14.2 Å². The van der Waals surface area contributed by atoms with Gasteiger partial charge in [0.25, 0.3) is 0 Å². The van der Waals surface area contributed by atoms with Crippen LogP contribution in [0.15, 0.2) is 97.2 Å². The molecular formula is C72H124O6. The van der Waals surface area contributed by atoms with E-state index >= 15 is 0 Å². The standard InChI is InChI=1S/C72H124O6/c1-4-7-10-13-16-19-22-25-28-31-33-35-36-37-39-41-44-47-50-53-56-59-62-65-71(74)77-68-69(67-76-70(73)64-61-58-55-52-49-46-43-40-30-27-24-21-18-15-12-9-6-3)78-72(75)66-63-60-57-54-51-48-45-42-38-34-32-29-26-23-20-17-14-11-8-5-2/h7,9-10,12,16,18-19,21,25,27-28,30,33,35,43,46,69H,4-6,8,11,13-15,17,20,22-24,26,29,31-32,34,36-42,44-45,47-68H2,1-3H3/b10-7-,12-9-,19-16-,21-18-,28-25-,30-27-,35-33-,46-43-. The van der Waals surface area contributed by atoms with E-state index in [1.165, 1.54) is 161 Å². The SMILES string of the molecule is CC/C=C\C/C=C\C/C=C\C/C=C\CCCCCCCCCCCCC(=O)OCC(COC(=O)CCCCCC/C=C\C/C=C\C/C=C\C/C=C\CC)OC(=O)CCCCCCCCCCCCCCCCCCCCCC. The number of rotatable bonds is 60. The van der Waals surface area contributed by atoms with Gasteiger partial charge in [0.15, 0.2) is 6.10 Å². The largest absolute Gasteiger partial charge is 0.462 e. The minimum atomic E-state index is -0.790. The molecule has 1 atom stereocenters. The van der Waals surface area contributed by atoms with Gasteiger partial charge in [-0.1, -0.05) is 304 Å². The van der Waals surface area contributed by atoms with Crippen LogP contribution in [0, 0.1) is 0 Å². The highest BCUT2D eigenvalue weighted by Gasteiger charge is 2.19. The zero-order valence-electron chi connectivity index (χ0n) is 51.4. The molecule has 0 radical (unpaired) electrons. The Labute approximate surface area is 483 Å². The quantitative estimate of drug-likeness (QED) is 0.0261. The minimum Gasteiger partial charge on any atom is -0.462 e. The lowest BCUT2D eigenvalue weighted by Crippen LogP contribution is -2.30. The molecule has 0 aromatic heterocycles. The first-order chi connectivity index (χ1) is 38.5. The van der Waals surface area contributed by atoms with Gasteiger partial charge in [-0.15, -0.1) is 0 Å². The summed E-state index contributed by atoms with van der Waals surface area (Å²) in [7, 11) is 0. The van der Waals surface area contributed by atoms with Crippen molar-refractivity contribution in [1.82, 2.24) is 0 Å². The Morgan fingerprint density at radius 1 is 0.269 bits per heavy atom. The van der Waals surface area contributed by atoms with Gasteiger partial charge >= 0.3 is 17.9 Å². The van der Waals surface area contributed by atoms with Crippen LogP contribution in [0.2, 0.25) is 0 Å². The Morgan fingerprint density at radius 3 is 0.782 bits per heavy atom. The first-order valence-corrected chi connectivity index (χ1v) is 33.2. The maximum absolute atomic E-state index is 12.9. The molecule has 448 valence electrons. The van der Waals surface area contributed by atoms with Crippen LogP contribution in [0.4, 0.5) is 0 Å². The molecule has 0 heterocycles. The van der Waals surface area contributed by atoms with Crippen molar-refractivity contribution in [3.05, 3.63) is 97.2 Å². The zero-order valence-corrected chi connectivity index (χ0v) is 51.4. The molecule has 0 aromatic rings. The molecule has 0 aliphatic heterocycles. The van der Waals surface area contributed by atoms with Crippen LogP contribution < -0.4 is 0 Å². The van der Waals surface area contributed by atoms with Crippen molar-refractivity contribution in [1.29, 1.82) is 0 Å². The lowest BCUT2D eigenvalue weighted by molar-refractivity contribution is -0.167. The highest BCUT2D eigenvalue weighted by atomic mass is 16.6. The summed E-state index contributed by atoms with van der Waals surface area (Å²) < 4.78 is 17.0. The van der Waals surface area contributed by atoms with E-state index in [1.54, 1.807) is 0 Å². The Bertz CT molecular complexity index is 1530. The van der Waals surface area contributed by atoms with E-state index in [1.807, 2.05) is 0 Å². The topological polar surface area (TPSA) is 78.9 Å². The third kappa shape index (κ3) is 63.2. The van der Waals surface area contributed by atoms with Gasteiger partial charge in [0.2, 0.25) is 0 Å². The van der Waals surface area contributed by atoms with Crippen LogP contribution in [-0.2, 0) is 28.6 Å². The molecular weight excluding hydrogens is 961 g/mol. The lowest BCUT2D eigenvalue weighted by atomic mass is 10.0. The summed E-state index contributed by atoms with van der Waals surface area (Å²) in [6.07, 6.45) is 88.4. The summed E-state index contributed by atoms with van der Waals surface area (Å²) in [6.45, 7) is 6.43. The van der Waals surface area contributed by atoms with E-state index in [-0.39, 0.29) is 31.1 Å². The van der Waals surface area contributed by atoms with E-state index in [2.05, 4.69) is 118 Å². The van der Waals surface area contributed by atoms with Crippen molar-refractivity contribution < 1.29 is 28.6 Å². The fourth-order valence-electron chi connectivity index (χ4n) is 9.43. The molecule has 0 fully saturated rings. The van der Waals surface area contributed by atoms with Crippen molar-refractivity contribution in [2.45, 2.75) is 329 Å². The third-order valence-electron chi connectivity index (χ3n) is 14.3. The summed E-state index contributed by atoms with van der Waals surface area (Å²) >= 11 is 0. The summed E-state index contributed by atoms with van der Waals surface area (Å²) in [6, 6.07) is 0. The summed E-state index contributed by atoms with van der Waals surface area (Å²) in [5.74, 6) is -0.898. The Balaban J connectivity index is 4.38. The van der Waals surface area contributed by atoms with Crippen molar-refractivity contribution in [3.63, 3.8) is 0 Å². The molecule has 0 N–H and O–H groups in total. The van der Waals surface area contributed by atoms with E-state index in [0.717, 1.165) is 122 Å². The number of hydrogen-bond acceptors (Lipinski definition) is 6. The van der Waals surface area contributed by atoms with Crippen molar-refractivity contribution >= 4 is 17.9 Å². The van der Waals surface area contributed by atoms with Gasteiger partial charge in [-0.2, -0.15) is 0 Å². The zero-order chi connectivity index (χ0) is 56.4. The molecule has 0 bridgehead atoms. The number of carbonyl (C=O) groups is 3. The van der Waals surface area contributed by atoms with Crippen LogP contribution in [-0.4, -0.2) is 37.2 Å². The van der Waals surface area contributed by atoms with Crippen molar-refractivity contribution in [2.24, 2.45) is 0 Å². The average Bonchev–Trinajstić information content (AvgIpc) is 3.44. The van der Waals surface area contributed by atoms with Gasteiger partial charge < -0.3 is 14.2 Å². The fourth-order valence-corrected chi connectivity index (χ4v) is 9.43. The molecule has 0 aliphatic rings. The maximum atomic E-state index is 12.9. The molecule has 0 aromatic carbocycles. The summed E-state index contributed by atoms with van der Waals surface area (Å²) in [5.41, 5.74) is 0. The Kier molecular flexibility index (Phi) is 62.7. The van der Waals surface area contributed by atoms with Gasteiger partial charge in [-0.25, -0.2) is 0 Å². The Hall–Kier alpha value is -3.67. The second kappa shape index (κ2) is 65.8. The number of hydrogen-bond donors (Lipinski definition) is 0. The van der Waals surface area contributed by atoms with Crippen LogP contribution in [0.25, 0.3) is 0 Å². The van der Waals surface area contributed by atoms with E-state index in [0.29, 0.717) is 19.3 Å². The number of carbonyl (C=O) groups excluding carboxylic acids is 3. The molecule has 0 aliphatic carbocycles. The van der Waals surface area contributed by atoms with Gasteiger partial charge in [0.05, 0.1) is 0 Å². The second-order valence-corrected chi connectivity index (χ2v) is 22.0. The van der Waals surface area contributed by atoms with Crippen molar-refractivity contribution in [3.8, 4) is 0 Å². The maximum Gasteiger partial charge on any atom is 0.306 e. The average molecular weight is 1090 g/mol. The van der Waals surface area contributed by atoms with Gasteiger partial charge in [0.1, 0.15) is 13.2 Å². The summed E-state index contributed by atoms with van der Waals surface area (Å²) in [4.78, 5) is 38.4. The molecule has 0 rings (SSSR count). The number of unbranched alkanes of at least 4 members (excludes halogenated alkanes) is 33. The predicted octanol–water partition coefficient (Wildman–Crippen LogP) is 22.8. The van der Waals surface area contributed by atoms with Crippen LogP contribution >= 0.6 is 0 Å². The summed E-state index contributed by atoms with van der Waals surface area (Å²) in [5, 5.41) is 0. The molecule has 1 unspecified atom stereocenters. The van der Waals surface area contributed by atoms with E-state index < -0.39 is 6.10 Å². The van der Waals surface area contributed by atoms with Crippen LogP contribution in [0.3, 0.4) is 0 Å². The van der Waals surface area contributed by atoms with Gasteiger partial charge in [-0.05, 0) is 96.3 Å². The number of allylic oxidation sites excluding steroid dienone is 16. The normalized spacial score (nSPS) is 12.7. The molecule has 0 saturated heterocycles. The van der Waals surface area contributed by atoms with Crippen LogP contribution in [0.5, 0.6) is 0 Å². The fraction of sp³-hybridized carbons (Fsp3) is 0.736. The molecule has 78 heavy (non-hydrogen) atoms. The highest BCUT2D eigenvalue weighted by Crippen LogP contribution is 2.17. The minimum absolute atomic E-state index is 0.0855. The van der Waals surface area contributed by atoms with Crippen LogP contribution in [0.1, 0.15) is 323 Å². The lowest BCUT2D eigenvalue weighted by Gasteiger charge is -2.18. The molecule has 0 saturated carbocycles. The third-order valence-corrected chi connectivity index (χ3v) is 14.3. The molecule has 6 nitrogen and oxygen atoms in total. The number of ether oxygens (including phenoxy) is 3. The highest BCUT2D eigenvalue weighted by molar-refractivity contribution is 5.71. The van der Waals surface area contributed by atoms with Gasteiger partial charge in [-0.3, -0.25) is 14.4 Å². The Morgan fingerprint density at radius 2 is 0.500 bits per heavy atom. The monoisotopic (exact) mass is 1080 g/mol. The van der Waals surface area contributed by atoms with Gasteiger partial charge in [0, 0.05) is 19.3 Å². The first-order valence-electron chi connectivity index (χ1n) is 33.2. The first kappa shape index (κ1) is 74.3. The smallest absolute Gasteiger partial charge is 0.306 e. The molecule has 6 heteroatoms. The van der Waals surface area contributed by atoms with E-state index in [9.17, 15) is 14.4 Å². The second-order valence-electron chi connectivity index (χ2n) is 22.0. The van der Waals surface area contributed by atoms with Crippen molar-refractivity contribution in [2.75, 3.05) is 13.2 Å². The molecule has 0 spiro atoms. The molecule has 0 amide bonds. The number of esters is 3. The predicted molar refractivity (Wildman–Crippen MR) is 339 cm³/mol.